The Hall–Kier alpha value is -1.46. The minimum absolute atomic E-state index is 0.0272. The number of halogens is 2. The Labute approximate surface area is 232 Å². The van der Waals surface area contributed by atoms with Crippen LogP contribution >= 0.6 is 23.2 Å². The summed E-state index contributed by atoms with van der Waals surface area (Å²) in [6.07, 6.45) is 9.38. The Bertz CT molecular complexity index is 999. The van der Waals surface area contributed by atoms with Gasteiger partial charge in [0.2, 0.25) is 5.91 Å². The first kappa shape index (κ1) is 27.1. The minimum atomic E-state index is -0.238. The summed E-state index contributed by atoms with van der Waals surface area (Å²) >= 11 is 12.1. The molecular weight excluding hydrogens is 507 g/mol. The molecule has 1 aliphatic heterocycles. The van der Waals surface area contributed by atoms with Crippen molar-refractivity contribution in [1.82, 2.24) is 5.32 Å². The first-order valence-electron chi connectivity index (χ1n) is 14.3. The summed E-state index contributed by atoms with van der Waals surface area (Å²) in [7, 11) is 0. The molecule has 5 nitrogen and oxygen atoms in total. The number of hydrogen-bond acceptors (Lipinski definition) is 4. The molecule has 4 aliphatic rings. The maximum Gasteiger partial charge on any atom is 0.340 e. The number of anilines is 1. The van der Waals surface area contributed by atoms with E-state index in [-0.39, 0.29) is 23.5 Å². The summed E-state index contributed by atoms with van der Waals surface area (Å²) in [5, 5.41) is 3.37. The fourth-order valence-electron chi connectivity index (χ4n) is 8.69. The number of fused-ring (bicyclic) bond motifs is 5. The maximum atomic E-state index is 13.4. The minimum Gasteiger partial charge on any atom is -0.459 e. The van der Waals surface area contributed by atoms with Crippen molar-refractivity contribution in [2.45, 2.75) is 83.3 Å². The quantitative estimate of drug-likeness (QED) is 0.316. The number of rotatable bonds is 7. The molecule has 0 bridgehead atoms. The van der Waals surface area contributed by atoms with E-state index in [0.717, 1.165) is 37.8 Å². The lowest BCUT2D eigenvalue weighted by Gasteiger charge is -2.62. The van der Waals surface area contributed by atoms with Gasteiger partial charge in [0.25, 0.3) is 0 Å². The van der Waals surface area contributed by atoms with Gasteiger partial charge in [0.15, 0.2) is 0 Å². The highest BCUT2D eigenvalue weighted by Gasteiger charge is 2.58. The Morgan fingerprint density at radius 2 is 1.78 bits per heavy atom. The van der Waals surface area contributed by atoms with Gasteiger partial charge in [-0.25, -0.2) is 4.79 Å². The first-order valence-corrected chi connectivity index (χ1v) is 15.3. The van der Waals surface area contributed by atoms with Gasteiger partial charge in [-0.1, -0.05) is 19.1 Å². The average molecular weight is 550 g/mol. The normalized spacial score (nSPS) is 37.0. The highest BCUT2D eigenvalue weighted by molar-refractivity contribution is 6.18. The van der Waals surface area contributed by atoms with Gasteiger partial charge >= 0.3 is 5.97 Å². The lowest BCUT2D eigenvalue weighted by molar-refractivity contribution is -0.142. The van der Waals surface area contributed by atoms with Crippen LogP contribution in [0.2, 0.25) is 0 Å². The maximum absolute atomic E-state index is 13.4. The predicted octanol–water partition coefficient (Wildman–Crippen LogP) is 6.41. The third-order valence-corrected chi connectivity index (χ3v) is 10.9. The van der Waals surface area contributed by atoms with Crippen LogP contribution in [0, 0.1) is 29.1 Å². The lowest BCUT2D eigenvalue weighted by Crippen LogP contribution is -2.63. The molecule has 0 radical (unpaired) electrons. The number of para-hydroxylation sites is 1. The van der Waals surface area contributed by atoms with Crippen molar-refractivity contribution in [2.75, 3.05) is 29.7 Å². The number of carbonyl (C=O) groups excluding carboxylic acids is 2. The Kier molecular flexibility index (Phi) is 8.03. The van der Waals surface area contributed by atoms with Gasteiger partial charge in [0, 0.05) is 36.8 Å². The third-order valence-electron chi connectivity index (χ3n) is 10.6. The van der Waals surface area contributed by atoms with Crippen LogP contribution < -0.4 is 10.2 Å². The number of piperidine rings is 1. The van der Waals surface area contributed by atoms with Crippen LogP contribution in [0.1, 0.15) is 82.0 Å². The second kappa shape index (κ2) is 11.0. The van der Waals surface area contributed by atoms with Gasteiger partial charge in [-0.2, -0.15) is 0 Å². The summed E-state index contributed by atoms with van der Waals surface area (Å²) in [6, 6.07) is 7.65. The molecule has 1 aromatic rings. The zero-order chi connectivity index (χ0) is 26.2. The van der Waals surface area contributed by atoms with E-state index < -0.39 is 0 Å². The van der Waals surface area contributed by atoms with Gasteiger partial charge in [0.1, 0.15) is 6.10 Å². The number of esters is 1. The summed E-state index contributed by atoms with van der Waals surface area (Å²) < 4.78 is 6.19. The van der Waals surface area contributed by atoms with Crippen LogP contribution in [0.15, 0.2) is 24.3 Å². The zero-order valence-electron chi connectivity index (χ0n) is 22.3. The van der Waals surface area contributed by atoms with Crippen LogP contribution in [-0.2, 0) is 9.53 Å². The largest absolute Gasteiger partial charge is 0.459 e. The number of alkyl halides is 2. The van der Waals surface area contributed by atoms with Crippen molar-refractivity contribution in [3.05, 3.63) is 29.8 Å². The number of nitrogens with one attached hydrogen (secondary N) is 1. The van der Waals surface area contributed by atoms with Gasteiger partial charge in [0.05, 0.1) is 11.3 Å². The van der Waals surface area contributed by atoms with Crippen molar-refractivity contribution >= 4 is 40.8 Å². The molecule has 37 heavy (non-hydrogen) atoms. The molecule has 7 heteroatoms. The second-order valence-corrected chi connectivity index (χ2v) is 13.1. The van der Waals surface area contributed by atoms with Gasteiger partial charge in [-0.3, -0.25) is 4.79 Å². The fraction of sp³-hybridized carbons (Fsp3) is 0.733. The van der Waals surface area contributed by atoms with E-state index in [9.17, 15) is 9.59 Å². The molecule has 3 saturated carbocycles. The number of amides is 1. The van der Waals surface area contributed by atoms with E-state index in [4.69, 9.17) is 27.9 Å². The lowest BCUT2D eigenvalue weighted by atomic mass is 9.45. The summed E-state index contributed by atoms with van der Waals surface area (Å²) in [5.41, 5.74) is 1.71. The van der Waals surface area contributed by atoms with E-state index in [2.05, 4.69) is 24.1 Å². The van der Waals surface area contributed by atoms with Crippen molar-refractivity contribution in [3.8, 4) is 0 Å². The number of ether oxygens (including phenoxy) is 1. The summed E-state index contributed by atoms with van der Waals surface area (Å²) in [6.45, 7) is 6.07. The molecule has 0 spiro atoms. The second-order valence-electron chi connectivity index (χ2n) is 12.4. The molecule has 3 aliphatic carbocycles. The molecule has 7 atom stereocenters. The van der Waals surface area contributed by atoms with Crippen LogP contribution in [0.3, 0.4) is 0 Å². The van der Waals surface area contributed by atoms with Crippen molar-refractivity contribution in [1.29, 1.82) is 0 Å². The summed E-state index contributed by atoms with van der Waals surface area (Å²) in [4.78, 5) is 27.6. The predicted molar refractivity (Wildman–Crippen MR) is 149 cm³/mol. The monoisotopic (exact) mass is 548 g/mol. The van der Waals surface area contributed by atoms with Gasteiger partial charge < -0.3 is 15.0 Å². The van der Waals surface area contributed by atoms with Crippen molar-refractivity contribution in [3.63, 3.8) is 0 Å². The van der Waals surface area contributed by atoms with E-state index in [1.165, 1.54) is 19.3 Å². The average Bonchev–Trinajstić information content (AvgIpc) is 2.88. The number of benzene rings is 1. The van der Waals surface area contributed by atoms with E-state index >= 15 is 0 Å². The molecule has 204 valence electrons. The van der Waals surface area contributed by atoms with Crippen LogP contribution in [0.25, 0.3) is 0 Å². The van der Waals surface area contributed by atoms with E-state index in [1.54, 1.807) is 0 Å². The number of nitrogens with zero attached hydrogens (tertiary/aromatic N) is 1. The molecule has 0 unspecified atom stereocenters. The molecule has 4 fully saturated rings. The highest BCUT2D eigenvalue weighted by atomic mass is 35.5. The van der Waals surface area contributed by atoms with E-state index in [0.29, 0.717) is 65.9 Å². The third kappa shape index (κ3) is 5.12. The molecule has 0 aromatic heterocycles. The van der Waals surface area contributed by atoms with Crippen LogP contribution in [0.4, 0.5) is 5.69 Å². The first-order chi connectivity index (χ1) is 17.8. The van der Waals surface area contributed by atoms with Crippen molar-refractivity contribution < 1.29 is 14.3 Å². The fourth-order valence-corrected chi connectivity index (χ4v) is 9.10. The molecule has 1 aromatic carbocycles. The Morgan fingerprint density at radius 3 is 2.54 bits per heavy atom. The van der Waals surface area contributed by atoms with Crippen LogP contribution in [-0.4, -0.2) is 48.4 Å². The number of hydrogen-bond donors (Lipinski definition) is 1. The smallest absolute Gasteiger partial charge is 0.340 e. The standard InChI is InChI=1S/C30H42Cl2N2O3/c1-29-13-11-21(37-28(36)23-5-3-4-6-26(23)34(17-15-31)18-16-32)19-20(29)7-8-22-24(29)12-14-30(2)25(22)9-10-27(35)33-30/h3-6,20-22,24-25H,7-19H2,1-2H3,(H,33,35)/t20-,21-,22+,24-,25-,29-,30-/m0/s1. The SMILES string of the molecule is C[C@]12CC[C@H](OC(=O)c3ccccc3N(CCCl)CCCl)C[C@@H]1CC[C@@H]1[C@@H]2CC[C@]2(C)NC(=O)CC[C@@H]12. The highest BCUT2D eigenvalue weighted by Crippen LogP contribution is 2.62. The Morgan fingerprint density at radius 1 is 1.03 bits per heavy atom. The van der Waals surface area contributed by atoms with Gasteiger partial charge in [-0.05, 0) is 99.5 Å². The Balaban J connectivity index is 1.26. The van der Waals surface area contributed by atoms with Crippen molar-refractivity contribution in [2.24, 2.45) is 29.1 Å². The summed E-state index contributed by atoms with van der Waals surface area (Å²) in [5.74, 6) is 3.51. The molecule has 1 heterocycles. The topological polar surface area (TPSA) is 58.6 Å². The molecule has 1 saturated heterocycles. The molecular formula is C30H42Cl2N2O3. The number of carbonyl (C=O) groups is 2. The van der Waals surface area contributed by atoms with Gasteiger partial charge in [-0.15, -0.1) is 23.2 Å². The van der Waals surface area contributed by atoms with Crippen LogP contribution in [0.5, 0.6) is 0 Å². The molecule has 1 N–H and O–H groups in total. The molecule has 5 rings (SSSR count). The van der Waals surface area contributed by atoms with E-state index in [1.807, 2.05) is 24.3 Å². The molecule has 1 amide bonds. The zero-order valence-corrected chi connectivity index (χ0v) is 23.8.